The molecule has 0 radical (unpaired) electrons. The van der Waals surface area contributed by atoms with E-state index in [4.69, 9.17) is 4.42 Å². The number of piperidine rings is 1. The number of rotatable bonds is 7. The Hall–Kier alpha value is -2.25. The van der Waals surface area contributed by atoms with Gasteiger partial charge in [0, 0.05) is 24.0 Å². The van der Waals surface area contributed by atoms with Crippen LogP contribution in [0, 0.1) is 0 Å². The van der Waals surface area contributed by atoms with Crippen LogP contribution in [0.4, 0.5) is 5.69 Å². The van der Waals surface area contributed by atoms with Crippen molar-refractivity contribution in [2.75, 3.05) is 30.3 Å². The second-order valence-corrected chi connectivity index (χ2v) is 9.01. The van der Waals surface area contributed by atoms with Crippen molar-refractivity contribution < 1.29 is 14.0 Å². The van der Waals surface area contributed by atoms with E-state index in [-0.39, 0.29) is 11.8 Å². The van der Waals surface area contributed by atoms with E-state index in [2.05, 4.69) is 17.1 Å². The molecule has 1 saturated heterocycles. The first kappa shape index (κ1) is 21.0. The number of amides is 2. The summed E-state index contributed by atoms with van der Waals surface area (Å²) in [6, 6.07) is 12.0. The monoisotopic (exact) mass is 427 g/mol. The molecule has 0 aliphatic carbocycles. The van der Waals surface area contributed by atoms with Crippen LogP contribution in [0.2, 0.25) is 0 Å². The van der Waals surface area contributed by atoms with Crippen molar-refractivity contribution in [3.05, 3.63) is 47.9 Å². The number of hydrogen-bond donors (Lipinski definition) is 1. The number of carbonyl (C=O) groups is 2. The maximum Gasteiger partial charge on any atom is 0.286 e. The summed E-state index contributed by atoms with van der Waals surface area (Å²) < 4.78 is 5.75. The van der Waals surface area contributed by atoms with Gasteiger partial charge in [-0.1, -0.05) is 18.6 Å². The summed E-state index contributed by atoms with van der Waals surface area (Å²) >= 11 is 1.55. The molecule has 1 N–H and O–H groups in total. The van der Waals surface area contributed by atoms with Crippen molar-refractivity contribution in [2.45, 2.75) is 50.1 Å². The minimum atomic E-state index is -0.200. The van der Waals surface area contributed by atoms with Crippen molar-refractivity contribution in [1.82, 2.24) is 10.2 Å². The van der Waals surface area contributed by atoms with Crippen molar-refractivity contribution >= 4 is 29.3 Å². The highest BCUT2D eigenvalue weighted by Gasteiger charge is 2.25. The van der Waals surface area contributed by atoms with E-state index in [9.17, 15) is 9.59 Å². The van der Waals surface area contributed by atoms with E-state index in [1.54, 1.807) is 28.8 Å². The lowest BCUT2D eigenvalue weighted by Crippen LogP contribution is -2.39. The van der Waals surface area contributed by atoms with Gasteiger partial charge in [-0.25, -0.2) is 0 Å². The van der Waals surface area contributed by atoms with E-state index < -0.39 is 0 Å². The van der Waals surface area contributed by atoms with Gasteiger partial charge < -0.3 is 19.5 Å². The molecule has 0 spiro atoms. The second-order valence-electron chi connectivity index (χ2n) is 7.99. The summed E-state index contributed by atoms with van der Waals surface area (Å²) in [7, 11) is 0. The number of para-hydroxylation sites is 1. The highest BCUT2D eigenvalue weighted by Crippen LogP contribution is 2.35. The molecule has 0 unspecified atom stereocenters. The summed E-state index contributed by atoms with van der Waals surface area (Å²) in [5.41, 5.74) is 0.896. The molecule has 160 valence electrons. The molecule has 6 nitrogen and oxygen atoms in total. The molecular weight excluding hydrogens is 398 g/mol. The zero-order valence-corrected chi connectivity index (χ0v) is 18.2. The van der Waals surface area contributed by atoms with Gasteiger partial charge in [0.1, 0.15) is 5.76 Å². The Balaban J connectivity index is 1.28. The van der Waals surface area contributed by atoms with Crippen LogP contribution in [0.15, 0.2) is 45.7 Å². The molecule has 1 fully saturated rings. The third kappa shape index (κ3) is 4.90. The molecule has 1 aromatic heterocycles. The molecule has 30 heavy (non-hydrogen) atoms. The topological polar surface area (TPSA) is 65.8 Å². The third-order valence-electron chi connectivity index (χ3n) is 5.86. The molecule has 2 aliphatic rings. The smallest absolute Gasteiger partial charge is 0.286 e. The van der Waals surface area contributed by atoms with E-state index in [0.717, 1.165) is 30.1 Å². The quantitative estimate of drug-likeness (QED) is 0.679. The van der Waals surface area contributed by atoms with Gasteiger partial charge in [-0.15, -0.1) is 11.8 Å². The lowest BCUT2D eigenvalue weighted by molar-refractivity contribution is -0.116. The predicted molar refractivity (Wildman–Crippen MR) is 119 cm³/mol. The number of furan rings is 1. The maximum absolute atomic E-state index is 12.4. The highest BCUT2D eigenvalue weighted by molar-refractivity contribution is 8.00. The zero-order chi connectivity index (χ0) is 20.9. The number of hydrogen-bond acceptors (Lipinski definition) is 5. The standard InChI is InChI=1S/C23H29N3O3S/c1-17-7-4-5-13-25(17)14-6-12-24-23(28)20-11-10-18(29-20)15-26-19-8-2-3-9-21(19)30-16-22(26)27/h2-3,8-11,17H,4-7,12-16H2,1H3,(H,24,28)/t17-/m0/s1. The van der Waals surface area contributed by atoms with E-state index in [1.165, 1.54) is 19.3 Å². The molecule has 4 rings (SSSR count). The van der Waals surface area contributed by atoms with Crippen molar-refractivity contribution in [1.29, 1.82) is 0 Å². The maximum atomic E-state index is 12.4. The second kappa shape index (κ2) is 9.71. The summed E-state index contributed by atoms with van der Waals surface area (Å²) in [5, 5.41) is 2.95. The average molecular weight is 428 g/mol. The molecule has 2 aliphatic heterocycles. The number of fused-ring (bicyclic) bond motifs is 1. The minimum absolute atomic E-state index is 0.0491. The van der Waals surface area contributed by atoms with E-state index in [0.29, 0.717) is 36.4 Å². The lowest BCUT2D eigenvalue weighted by Gasteiger charge is -2.33. The Morgan fingerprint density at radius 2 is 2.10 bits per heavy atom. The van der Waals surface area contributed by atoms with Crippen LogP contribution in [0.1, 0.15) is 48.9 Å². The number of nitrogens with zero attached hydrogens (tertiary/aromatic N) is 2. The number of benzene rings is 1. The predicted octanol–water partition coefficient (Wildman–Crippen LogP) is 3.91. The van der Waals surface area contributed by atoms with Gasteiger partial charge in [-0.05, 0) is 57.0 Å². The molecule has 1 atom stereocenters. The largest absolute Gasteiger partial charge is 0.454 e. The van der Waals surface area contributed by atoms with Crippen LogP contribution in [0.25, 0.3) is 0 Å². The Morgan fingerprint density at radius 3 is 2.97 bits per heavy atom. The number of likely N-dealkylation sites (tertiary alicyclic amines) is 1. The van der Waals surface area contributed by atoms with Gasteiger partial charge >= 0.3 is 0 Å². The molecule has 2 aromatic rings. The fourth-order valence-corrected chi connectivity index (χ4v) is 5.06. The molecule has 0 bridgehead atoms. The van der Waals surface area contributed by atoms with Crippen LogP contribution in [0.5, 0.6) is 0 Å². The number of nitrogens with one attached hydrogen (secondary N) is 1. The molecule has 0 saturated carbocycles. The van der Waals surface area contributed by atoms with Crippen molar-refractivity contribution in [3.63, 3.8) is 0 Å². The normalized spacial score (nSPS) is 19.6. The molecule has 1 aromatic carbocycles. The summed E-state index contributed by atoms with van der Waals surface area (Å²) in [6.07, 6.45) is 4.79. The first-order chi connectivity index (χ1) is 14.6. The molecular formula is C23H29N3O3S. The number of anilines is 1. The Morgan fingerprint density at radius 1 is 1.23 bits per heavy atom. The van der Waals surface area contributed by atoms with E-state index >= 15 is 0 Å². The molecule has 2 amide bonds. The lowest BCUT2D eigenvalue weighted by atomic mass is 10.0. The fraction of sp³-hybridized carbons (Fsp3) is 0.478. The molecule has 3 heterocycles. The Kier molecular flexibility index (Phi) is 6.79. The average Bonchev–Trinajstić information content (AvgIpc) is 3.23. The summed E-state index contributed by atoms with van der Waals surface area (Å²) in [5.74, 6) is 1.17. The van der Waals surface area contributed by atoms with Crippen LogP contribution >= 0.6 is 11.8 Å². The van der Waals surface area contributed by atoms with Crippen LogP contribution < -0.4 is 10.2 Å². The van der Waals surface area contributed by atoms with Gasteiger partial charge in [0.05, 0.1) is 18.0 Å². The number of thioether (sulfide) groups is 1. The van der Waals surface area contributed by atoms with Crippen LogP contribution in [-0.2, 0) is 11.3 Å². The Labute approximate surface area is 182 Å². The summed E-state index contributed by atoms with van der Waals surface area (Å²) in [6.45, 7) is 5.42. The van der Waals surface area contributed by atoms with Gasteiger partial charge in [0.15, 0.2) is 5.76 Å². The van der Waals surface area contributed by atoms with Crippen molar-refractivity contribution in [3.8, 4) is 0 Å². The summed E-state index contributed by atoms with van der Waals surface area (Å²) in [4.78, 5) is 30.2. The minimum Gasteiger partial charge on any atom is -0.454 e. The van der Waals surface area contributed by atoms with Gasteiger partial charge in [-0.2, -0.15) is 0 Å². The highest BCUT2D eigenvalue weighted by atomic mass is 32.2. The van der Waals surface area contributed by atoms with E-state index in [1.807, 2.05) is 24.3 Å². The van der Waals surface area contributed by atoms with Crippen LogP contribution in [-0.4, -0.2) is 48.1 Å². The van der Waals surface area contributed by atoms with Gasteiger partial charge in [-0.3, -0.25) is 9.59 Å². The Bertz CT molecular complexity index is 897. The van der Waals surface area contributed by atoms with Crippen molar-refractivity contribution in [2.24, 2.45) is 0 Å². The number of carbonyl (C=O) groups excluding carboxylic acids is 2. The zero-order valence-electron chi connectivity index (χ0n) is 17.4. The first-order valence-electron chi connectivity index (χ1n) is 10.7. The molecule has 7 heteroatoms. The fourth-order valence-electron chi connectivity index (χ4n) is 4.13. The van der Waals surface area contributed by atoms with Gasteiger partial charge in [0.25, 0.3) is 5.91 Å². The first-order valence-corrected chi connectivity index (χ1v) is 11.7. The SMILES string of the molecule is C[C@H]1CCCCN1CCCNC(=O)c1ccc(CN2C(=O)CSc3ccccc32)o1. The van der Waals surface area contributed by atoms with Gasteiger partial charge in [0.2, 0.25) is 5.91 Å². The van der Waals surface area contributed by atoms with Crippen LogP contribution in [0.3, 0.4) is 0 Å². The third-order valence-corrected chi connectivity index (χ3v) is 6.90.